The summed E-state index contributed by atoms with van der Waals surface area (Å²) >= 11 is 0. The fraction of sp³-hybridized carbons (Fsp3) is 0.174. The Labute approximate surface area is 175 Å². The monoisotopic (exact) mass is 421 g/mol. The molecule has 0 spiro atoms. The summed E-state index contributed by atoms with van der Waals surface area (Å²) in [6.07, 6.45) is 2.74. The van der Waals surface area contributed by atoms with Gasteiger partial charge in [-0.3, -0.25) is 4.79 Å². The van der Waals surface area contributed by atoms with Crippen LogP contribution in [0.4, 0.5) is 0 Å². The van der Waals surface area contributed by atoms with Crippen molar-refractivity contribution in [1.29, 1.82) is 0 Å². The summed E-state index contributed by atoms with van der Waals surface area (Å²) in [7, 11) is -3.66. The number of fused-ring (bicyclic) bond motifs is 2. The van der Waals surface area contributed by atoms with Gasteiger partial charge in [0.1, 0.15) is 0 Å². The zero-order valence-electron chi connectivity index (χ0n) is 16.4. The number of H-pyrrole nitrogens is 1. The molecule has 1 aromatic heterocycles. The molecule has 0 saturated carbocycles. The van der Waals surface area contributed by atoms with Crippen LogP contribution in [0.15, 0.2) is 77.8 Å². The van der Waals surface area contributed by atoms with Crippen LogP contribution < -0.4 is 10.0 Å². The first kappa shape index (κ1) is 20.1. The lowest BCUT2D eigenvalue weighted by atomic mass is 10.1. The van der Waals surface area contributed by atoms with E-state index in [0.29, 0.717) is 13.0 Å². The van der Waals surface area contributed by atoms with Gasteiger partial charge >= 0.3 is 0 Å². The maximum Gasteiger partial charge on any atom is 0.240 e. The first-order valence-corrected chi connectivity index (χ1v) is 11.3. The second-order valence-corrected chi connectivity index (χ2v) is 8.88. The van der Waals surface area contributed by atoms with Crippen molar-refractivity contribution in [3.63, 3.8) is 0 Å². The van der Waals surface area contributed by atoms with Gasteiger partial charge in [-0.2, -0.15) is 0 Å². The Morgan fingerprint density at radius 2 is 1.67 bits per heavy atom. The molecule has 1 heterocycles. The maximum atomic E-state index is 12.5. The molecule has 0 aliphatic carbocycles. The van der Waals surface area contributed by atoms with Crippen LogP contribution >= 0.6 is 0 Å². The Kier molecular flexibility index (Phi) is 5.83. The summed E-state index contributed by atoms with van der Waals surface area (Å²) in [5.74, 6) is -0.184. The number of carbonyl (C=O) groups excluding carboxylic acids is 1. The third kappa shape index (κ3) is 4.53. The first-order valence-electron chi connectivity index (χ1n) is 9.83. The fourth-order valence-electron chi connectivity index (χ4n) is 3.48. The zero-order chi connectivity index (χ0) is 21.0. The molecular weight excluding hydrogens is 398 g/mol. The van der Waals surface area contributed by atoms with Crippen LogP contribution in [0, 0.1) is 0 Å². The molecule has 0 atom stereocenters. The molecule has 4 rings (SSSR count). The number of para-hydroxylation sites is 1. The predicted molar refractivity (Wildman–Crippen MR) is 119 cm³/mol. The molecule has 0 bridgehead atoms. The van der Waals surface area contributed by atoms with E-state index < -0.39 is 10.0 Å². The highest BCUT2D eigenvalue weighted by atomic mass is 32.2. The molecule has 0 aliphatic heterocycles. The highest BCUT2D eigenvalue weighted by molar-refractivity contribution is 7.89. The third-order valence-corrected chi connectivity index (χ3v) is 6.53. The van der Waals surface area contributed by atoms with E-state index >= 15 is 0 Å². The number of aromatic nitrogens is 1. The van der Waals surface area contributed by atoms with Gasteiger partial charge in [0.15, 0.2) is 0 Å². The van der Waals surface area contributed by atoms with Gasteiger partial charge in [0.05, 0.1) is 4.90 Å². The smallest absolute Gasteiger partial charge is 0.240 e. The van der Waals surface area contributed by atoms with Gasteiger partial charge in [0.2, 0.25) is 15.9 Å². The standard InChI is InChI=1S/C23H23N3O3S/c27-23(24-13-11-19-16-25-22-8-4-3-7-21(19)22)12-14-26-30(28,29)20-10-9-17-5-1-2-6-18(17)15-20/h1-10,15-16,25-26H,11-14H2,(H,24,27). The lowest BCUT2D eigenvalue weighted by Gasteiger charge is -2.08. The number of amides is 1. The predicted octanol–water partition coefficient (Wildman–Crippen LogP) is 3.35. The third-order valence-electron chi connectivity index (χ3n) is 5.07. The Balaban J connectivity index is 1.26. The number of rotatable bonds is 8. The number of sulfonamides is 1. The number of carbonyl (C=O) groups is 1. The molecule has 1 amide bonds. The van der Waals surface area contributed by atoms with Gasteiger partial charge < -0.3 is 10.3 Å². The second kappa shape index (κ2) is 8.69. The van der Waals surface area contributed by atoms with Crippen molar-refractivity contribution in [2.45, 2.75) is 17.7 Å². The molecule has 3 N–H and O–H groups in total. The van der Waals surface area contributed by atoms with Crippen molar-refractivity contribution < 1.29 is 13.2 Å². The van der Waals surface area contributed by atoms with E-state index in [9.17, 15) is 13.2 Å². The van der Waals surface area contributed by atoms with E-state index in [1.807, 2.05) is 54.7 Å². The van der Waals surface area contributed by atoms with Gasteiger partial charge in [-0.1, -0.05) is 48.5 Å². The molecule has 0 radical (unpaired) electrons. The Bertz CT molecular complexity index is 1300. The largest absolute Gasteiger partial charge is 0.361 e. The Morgan fingerprint density at radius 3 is 2.53 bits per heavy atom. The number of hydrogen-bond donors (Lipinski definition) is 3. The molecule has 0 saturated heterocycles. The van der Waals surface area contributed by atoms with Gasteiger partial charge in [-0.25, -0.2) is 13.1 Å². The summed E-state index contributed by atoms with van der Waals surface area (Å²) < 4.78 is 27.5. The van der Waals surface area contributed by atoms with E-state index in [-0.39, 0.29) is 23.8 Å². The van der Waals surface area contributed by atoms with Crippen molar-refractivity contribution in [2.24, 2.45) is 0 Å². The average Bonchev–Trinajstić information content (AvgIpc) is 3.16. The molecule has 0 fully saturated rings. The minimum absolute atomic E-state index is 0.0497. The van der Waals surface area contributed by atoms with Crippen molar-refractivity contribution in [1.82, 2.24) is 15.0 Å². The number of hydrogen-bond acceptors (Lipinski definition) is 3. The van der Waals surface area contributed by atoms with Crippen LogP contribution in [0.2, 0.25) is 0 Å². The van der Waals surface area contributed by atoms with Crippen LogP contribution in [0.25, 0.3) is 21.7 Å². The van der Waals surface area contributed by atoms with Crippen molar-refractivity contribution >= 4 is 37.6 Å². The van der Waals surface area contributed by atoms with Crippen LogP contribution in [0.5, 0.6) is 0 Å². The zero-order valence-corrected chi connectivity index (χ0v) is 17.2. The Morgan fingerprint density at radius 1 is 0.900 bits per heavy atom. The number of nitrogens with one attached hydrogen (secondary N) is 3. The minimum atomic E-state index is -3.66. The maximum absolute atomic E-state index is 12.5. The van der Waals surface area contributed by atoms with Crippen LogP contribution in [0.3, 0.4) is 0 Å². The molecule has 6 nitrogen and oxygen atoms in total. The summed E-state index contributed by atoms with van der Waals surface area (Å²) in [5.41, 5.74) is 2.21. The van der Waals surface area contributed by atoms with Crippen LogP contribution in [-0.2, 0) is 21.2 Å². The highest BCUT2D eigenvalue weighted by Crippen LogP contribution is 2.19. The summed E-state index contributed by atoms with van der Waals surface area (Å²) in [5, 5.41) is 5.83. The van der Waals surface area contributed by atoms with E-state index in [4.69, 9.17) is 0 Å². The minimum Gasteiger partial charge on any atom is -0.361 e. The summed E-state index contributed by atoms with van der Waals surface area (Å²) in [4.78, 5) is 15.5. The van der Waals surface area contributed by atoms with Gasteiger partial charge in [-0.15, -0.1) is 0 Å². The Hall–Kier alpha value is -3.16. The average molecular weight is 422 g/mol. The quantitative estimate of drug-likeness (QED) is 0.407. The number of benzene rings is 3. The molecule has 4 aromatic rings. The molecule has 3 aromatic carbocycles. The van der Waals surface area contributed by atoms with E-state index in [0.717, 1.165) is 27.2 Å². The summed E-state index contributed by atoms with van der Waals surface area (Å²) in [6, 6.07) is 20.6. The van der Waals surface area contributed by atoms with Gasteiger partial charge in [0, 0.05) is 36.6 Å². The normalized spacial score (nSPS) is 11.7. The van der Waals surface area contributed by atoms with Gasteiger partial charge in [-0.05, 0) is 41.0 Å². The molecule has 154 valence electrons. The molecular formula is C23H23N3O3S. The topological polar surface area (TPSA) is 91.1 Å². The SMILES string of the molecule is O=C(CCNS(=O)(=O)c1ccc2ccccc2c1)NCCc1c[nH]c2ccccc12. The van der Waals surface area contributed by atoms with Crippen molar-refractivity contribution in [3.05, 3.63) is 78.5 Å². The second-order valence-electron chi connectivity index (χ2n) is 7.12. The van der Waals surface area contributed by atoms with E-state index in [1.54, 1.807) is 18.2 Å². The van der Waals surface area contributed by atoms with E-state index in [2.05, 4.69) is 15.0 Å². The molecule has 7 heteroatoms. The molecule has 30 heavy (non-hydrogen) atoms. The van der Waals surface area contributed by atoms with Crippen LogP contribution in [-0.4, -0.2) is 32.4 Å². The molecule has 0 unspecified atom stereocenters. The lowest BCUT2D eigenvalue weighted by molar-refractivity contribution is -0.120. The van der Waals surface area contributed by atoms with Crippen molar-refractivity contribution in [2.75, 3.05) is 13.1 Å². The molecule has 0 aliphatic rings. The van der Waals surface area contributed by atoms with E-state index in [1.165, 1.54) is 0 Å². The highest BCUT2D eigenvalue weighted by Gasteiger charge is 2.14. The number of aromatic amines is 1. The lowest BCUT2D eigenvalue weighted by Crippen LogP contribution is -2.31. The van der Waals surface area contributed by atoms with Gasteiger partial charge in [0.25, 0.3) is 0 Å². The van der Waals surface area contributed by atoms with Crippen molar-refractivity contribution in [3.8, 4) is 0 Å². The fourth-order valence-corrected chi connectivity index (χ4v) is 4.55. The first-order chi connectivity index (χ1) is 14.5. The summed E-state index contributed by atoms with van der Waals surface area (Å²) in [6.45, 7) is 0.548. The van der Waals surface area contributed by atoms with Crippen LogP contribution in [0.1, 0.15) is 12.0 Å².